The number of rotatable bonds is 4. The summed E-state index contributed by atoms with van der Waals surface area (Å²) in [4.78, 5) is 0. The fraction of sp³-hybridized carbons (Fsp3) is 0.625. The first-order valence-electron chi connectivity index (χ1n) is 7.02. The fourth-order valence-corrected chi connectivity index (χ4v) is 3.74. The average Bonchev–Trinajstić information content (AvgIpc) is 2.40. The Hall–Kier alpha value is -0.470. The molecule has 0 radical (unpaired) electrons. The Morgan fingerprint density at radius 1 is 1.11 bits per heavy atom. The predicted molar refractivity (Wildman–Crippen MR) is 80.2 cm³/mol. The lowest BCUT2D eigenvalue weighted by Gasteiger charge is -2.24. The van der Waals surface area contributed by atoms with E-state index in [1.54, 1.807) is 0 Å². The number of thioether (sulfide) groups is 1. The molecule has 1 unspecified atom stereocenters. The minimum absolute atomic E-state index is 0.278. The van der Waals surface area contributed by atoms with Crippen molar-refractivity contribution in [3.63, 3.8) is 0 Å². The molecule has 0 amide bonds. The van der Waals surface area contributed by atoms with E-state index in [4.69, 9.17) is 0 Å². The minimum atomic E-state index is -0.278. The van der Waals surface area contributed by atoms with E-state index in [2.05, 4.69) is 38.1 Å². The summed E-state index contributed by atoms with van der Waals surface area (Å²) in [6.45, 7) is 4.40. The van der Waals surface area contributed by atoms with E-state index in [1.165, 1.54) is 29.9 Å². The second kappa shape index (κ2) is 6.63. The van der Waals surface area contributed by atoms with E-state index >= 15 is 0 Å². The molecule has 1 aliphatic rings. The predicted octanol–water partition coefficient (Wildman–Crippen LogP) is 4.38. The van der Waals surface area contributed by atoms with E-state index in [0.29, 0.717) is 11.8 Å². The van der Waals surface area contributed by atoms with Gasteiger partial charge in [0.15, 0.2) is 0 Å². The van der Waals surface area contributed by atoms with Gasteiger partial charge in [0.2, 0.25) is 0 Å². The lowest BCUT2D eigenvalue weighted by atomic mass is 9.91. The maximum Gasteiger partial charge on any atom is 0.0792 e. The first-order valence-corrected chi connectivity index (χ1v) is 8.18. The summed E-state index contributed by atoms with van der Waals surface area (Å²) in [7, 11) is 0. The van der Waals surface area contributed by atoms with Crippen LogP contribution in [0.5, 0.6) is 0 Å². The summed E-state index contributed by atoms with van der Waals surface area (Å²) in [6, 6.07) is 8.50. The third kappa shape index (κ3) is 3.76. The van der Waals surface area contributed by atoms with Crippen LogP contribution in [0.3, 0.4) is 0 Å². The van der Waals surface area contributed by atoms with Crippen molar-refractivity contribution in [1.29, 1.82) is 0 Å². The Balaban J connectivity index is 1.93. The molecular formula is C16H24OS. The largest absolute Gasteiger partial charge is 0.388 e. The van der Waals surface area contributed by atoms with Gasteiger partial charge in [-0.05, 0) is 53.7 Å². The van der Waals surface area contributed by atoms with Crippen molar-refractivity contribution >= 4 is 11.8 Å². The van der Waals surface area contributed by atoms with Gasteiger partial charge < -0.3 is 5.11 Å². The molecule has 18 heavy (non-hydrogen) atoms. The van der Waals surface area contributed by atoms with E-state index < -0.39 is 0 Å². The third-order valence-corrected chi connectivity index (χ3v) is 4.93. The minimum Gasteiger partial charge on any atom is -0.388 e. The molecule has 1 aromatic carbocycles. The van der Waals surface area contributed by atoms with E-state index in [0.717, 1.165) is 12.0 Å². The summed E-state index contributed by atoms with van der Waals surface area (Å²) in [5.41, 5.74) is 2.43. The van der Waals surface area contributed by atoms with Gasteiger partial charge in [0.1, 0.15) is 0 Å². The Morgan fingerprint density at radius 2 is 1.67 bits per heavy atom. The van der Waals surface area contributed by atoms with Crippen LogP contribution in [0.2, 0.25) is 0 Å². The number of hydrogen-bond donors (Lipinski definition) is 1. The van der Waals surface area contributed by atoms with E-state index in [1.807, 2.05) is 11.8 Å². The summed E-state index contributed by atoms with van der Waals surface area (Å²) in [6.07, 6.45) is 3.19. The van der Waals surface area contributed by atoms with Crippen LogP contribution in [-0.4, -0.2) is 16.6 Å². The highest BCUT2D eigenvalue weighted by Crippen LogP contribution is 2.31. The molecule has 2 rings (SSSR count). The first-order chi connectivity index (χ1) is 8.66. The van der Waals surface area contributed by atoms with E-state index in [-0.39, 0.29) is 6.10 Å². The highest BCUT2D eigenvalue weighted by molar-refractivity contribution is 7.99. The normalized spacial score (nSPS) is 19.1. The molecule has 2 heteroatoms. The molecule has 1 N–H and O–H groups in total. The number of aliphatic hydroxyl groups excluding tert-OH is 1. The van der Waals surface area contributed by atoms with Crippen molar-refractivity contribution in [1.82, 2.24) is 0 Å². The molecule has 1 saturated heterocycles. The van der Waals surface area contributed by atoms with Crippen molar-refractivity contribution in [2.45, 2.75) is 45.1 Å². The molecule has 0 aliphatic carbocycles. The quantitative estimate of drug-likeness (QED) is 0.871. The third-order valence-electron chi connectivity index (χ3n) is 3.89. The van der Waals surface area contributed by atoms with Crippen LogP contribution in [0.1, 0.15) is 56.3 Å². The zero-order valence-corrected chi connectivity index (χ0v) is 12.2. The molecule has 1 fully saturated rings. The van der Waals surface area contributed by atoms with Crippen LogP contribution >= 0.6 is 11.8 Å². The monoisotopic (exact) mass is 264 g/mol. The van der Waals surface area contributed by atoms with Gasteiger partial charge in [0, 0.05) is 0 Å². The van der Waals surface area contributed by atoms with Gasteiger partial charge in [0.25, 0.3) is 0 Å². The molecule has 1 aliphatic heterocycles. The van der Waals surface area contributed by atoms with Crippen molar-refractivity contribution in [3.05, 3.63) is 35.4 Å². The number of hydrogen-bond acceptors (Lipinski definition) is 2. The van der Waals surface area contributed by atoms with E-state index in [9.17, 15) is 5.11 Å². The molecule has 0 bridgehead atoms. The molecule has 1 aromatic rings. The SMILES string of the molecule is CC(C)c1ccc(C(O)CC2CCSCC2)cc1. The van der Waals surface area contributed by atoms with Gasteiger partial charge in [-0.1, -0.05) is 38.1 Å². The lowest BCUT2D eigenvalue weighted by molar-refractivity contribution is 0.141. The second-order valence-corrected chi connectivity index (χ2v) is 6.85. The van der Waals surface area contributed by atoms with Crippen LogP contribution < -0.4 is 0 Å². The topological polar surface area (TPSA) is 20.2 Å². The Bertz CT molecular complexity index is 352. The van der Waals surface area contributed by atoms with Gasteiger partial charge >= 0.3 is 0 Å². The molecule has 0 saturated carbocycles. The van der Waals surface area contributed by atoms with Crippen molar-refractivity contribution in [3.8, 4) is 0 Å². The Labute approximate surface area is 115 Å². The maximum absolute atomic E-state index is 10.3. The summed E-state index contributed by atoms with van der Waals surface area (Å²) in [5.74, 6) is 3.81. The molecule has 0 spiro atoms. The van der Waals surface area contributed by atoms with Crippen molar-refractivity contribution < 1.29 is 5.11 Å². The smallest absolute Gasteiger partial charge is 0.0792 e. The van der Waals surface area contributed by atoms with Crippen LogP contribution in [0.4, 0.5) is 0 Å². The molecule has 100 valence electrons. The average molecular weight is 264 g/mol. The van der Waals surface area contributed by atoms with Crippen LogP contribution in [-0.2, 0) is 0 Å². The summed E-state index contributed by atoms with van der Waals surface area (Å²) < 4.78 is 0. The standard InChI is InChI=1S/C16H24OS/c1-12(2)14-3-5-15(6-4-14)16(17)11-13-7-9-18-10-8-13/h3-6,12-13,16-17H,7-11H2,1-2H3. The van der Waals surface area contributed by atoms with Crippen LogP contribution in [0, 0.1) is 5.92 Å². The molecular weight excluding hydrogens is 240 g/mol. The first kappa shape index (κ1) is 14.0. The van der Waals surface area contributed by atoms with Gasteiger partial charge in [0.05, 0.1) is 6.10 Å². The number of aliphatic hydroxyl groups is 1. The Morgan fingerprint density at radius 3 is 2.22 bits per heavy atom. The van der Waals surface area contributed by atoms with Crippen molar-refractivity contribution in [2.75, 3.05) is 11.5 Å². The maximum atomic E-state index is 10.3. The zero-order chi connectivity index (χ0) is 13.0. The van der Waals surface area contributed by atoms with Gasteiger partial charge in [-0.25, -0.2) is 0 Å². The second-order valence-electron chi connectivity index (χ2n) is 5.63. The number of benzene rings is 1. The fourth-order valence-electron chi connectivity index (χ4n) is 2.54. The molecule has 1 nitrogen and oxygen atoms in total. The molecule has 0 aromatic heterocycles. The summed E-state index contributed by atoms with van der Waals surface area (Å²) in [5, 5.41) is 10.3. The molecule has 1 atom stereocenters. The highest BCUT2D eigenvalue weighted by atomic mass is 32.2. The zero-order valence-electron chi connectivity index (χ0n) is 11.4. The van der Waals surface area contributed by atoms with Gasteiger partial charge in [-0.15, -0.1) is 0 Å². The molecule has 1 heterocycles. The Kier molecular flexibility index (Phi) is 5.13. The van der Waals surface area contributed by atoms with Crippen molar-refractivity contribution in [2.24, 2.45) is 5.92 Å². The van der Waals surface area contributed by atoms with Gasteiger partial charge in [-0.3, -0.25) is 0 Å². The lowest BCUT2D eigenvalue weighted by Crippen LogP contribution is -2.13. The summed E-state index contributed by atoms with van der Waals surface area (Å²) >= 11 is 2.05. The van der Waals surface area contributed by atoms with Crippen LogP contribution in [0.15, 0.2) is 24.3 Å². The van der Waals surface area contributed by atoms with Gasteiger partial charge in [-0.2, -0.15) is 11.8 Å². The van der Waals surface area contributed by atoms with Crippen LogP contribution in [0.25, 0.3) is 0 Å². The highest BCUT2D eigenvalue weighted by Gasteiger charge is 2.18.